The molecular weight excluding hydrogens is 246 g/mol. The Labute approximate surface area is 112 Å². The first kappa shape index (κ1) is 13.8. The van der Waals surface area contributed by atoms with E-state index in [9.17, 15) is 4.79 Å². The molecule has 1 aromatic rings. The van der Waals surface area contributed by atoms with Gasteiger partial charge in [-0.25, -0.2) is 0 Å². The van der Waals surface area contributed by atoms with E-state index in [-0.39, 0.29) is 6.42 Å². The zero-order valence-electron chi connectivity index (χ0n) is 10.9. The van der Waals surface area contributed by atoms with Crippen LogP contribution in [0.25, 0.3) is 0 Å². The number of aliphatic carboxylic acids is 1. The summed E-state index contributed by atoms with van der Waals surface area (Å²) >= 11 is 0. The minimum absolute atomic E-state index is 0.0284. The molecule has 0 unspecified atom stereocenters. The molecule has 1 saturated heterocycles. The van der Waals surface area contributed by atoms with E-state index in [1.165, 1.54) is 0 Å². The van der Waals surface area contributed by atoms with Crippen LogP contribution in [-0.4, -0.2) is 55.4 Å². The molecule has 1 aromatic carbocycles. The first-order valence-corrected chi connectivity index (χ1v) is 6.48. The van der Waals surface area contributed by atoms with Crippen molar-refractivity contribution in [1.82, 2.24) is 4.90 Å². The number of hydrogen-bond donors (Lipinski definition) is 1. The van der Waals surface area contributed by atoms with Gasteiger partial charge in [0.25, 0.3) is 0 Å². The number of hydrogen-bond acceptors (Lipinski definition) is 4. The van der Waals surface area contributed by atoms with Gasteiger partial charge in [0.05, 0.1) is 19.6 Å². The van der Waals surface area contributed by atoms with Crippen LogP contribution in [0.3, 0.4) is 0 Å². The van der Waals surface area contributed by atoms with E-state index < -0.39 is 5.97 Å². The molecule has 104 valence electrons. The molecule has 1 N–H and O–H groups in total. The predicted octanol–water partition coefficient (Wildman–Crippen LogP) is 1.02. The SMILES string of the molecule is O=C(O)Cc1cccc(OCCN2CCOCC2)c1. The van der Waals surface area contributed by atoms with E-state index >= 15 is 0 Å². The topological polar surface area (TPSA) is 59.0 Å². The van der Waals surface area contributed by atoms with Gasteiger partial charge >= 0.3 is 5.97 Å². The lowest BCUT2D eigenvalue weighted by Gasteiger charge is -2.26. The molecule has 5 nitrogen and oxygen atoms in total. The van der Waals surface area contributed by atoms with Gasteiger partial charge in [-0.3, -0.25) is 9.69 Å². The minimum atomic E-state index is -0.828. The first-order chi connectivity index (χ1) is 9.24. The van der Waals surface area contributed by atoms with Crippen LogP contribution in [0.1, 0.15) is 5.56 Å². The number of carboxylic acids is 1. The molecule has 0 spiro atoms. The van der Waals surface area contributed by atoms with Crippen molar-refractivity contribution in [3.05, 3.63) is 29.8 Å². The van der Waals surface area contributed by atoms with Crippen LogP contribution in [0.15, 0.2) is 24.3 Å². The maximum Gasteiger partial charge on any atom is 0.307 e. The second-order valence-electron chi connectivity index (χ2n) is 4.52. The molecular formula is C14H19NO4. The summed E-state index contributed by atoms with van der Waals surface area (Å²) in [5.74, 6) is -0.0996. The quantitative estimate of drug-likeness (QED) is 0.832. The highest BCUT2D eigenvalue weighted by molar-refractivity contribution is 5.70. The predicted molar refractivity (Wildman–Crippen MR) is 70.5 cm³/mol. The Kier molecular flexibility index (Phi) is 5.18. The summed E-state index contributed by atoms with van der Waals surface area (Å²) in [4.78, 5) is 12.9. The van der Waals surface area contributed by atoms with Crippen molar-refractivity contribution in [2.75, 3.05) is 39.5 Å². The third kappa shape index (κ3) is 4.89. The average molecular weight is 265 g/mol. The Morgan fingerprint density at radius 3 is 2.89 bits per heavy atom. The molecule has 5 heteroatoms. The zero-order chi connectivity index (χ0) is 13.5. The van der Waals surface area contributed by atoms with Gasteiger partial charge in [-0.2, -0.15) is 0 Å². The number of nitrogens with zero attached hydrogens (tertiary/aromatic N) is 1. The lowest BCUT2D eigenvalue weighted by molar-refractivity contribution is -0.136. The van der Waals surface area contributed by atoms with Gasteiger partial charge in [-0.15, -0.1) is 0 Å². The van der Waals surface area contributed by atoms with E-state index in [0.717, 1.165) is 44.2 Å². The standard InChI is InChI=1S/C14H19NO4/c16-14(17)11-12-2-1-3-13(10-12)19-9-6-15-4-7-18-8-5-15/h1-3,10H,4-9,11H2,(H,16,17). The zero-order valence-corrected chi connectivity index (χ0v) is 10.9. The molecule has 1 aliphatic rings. The van der Waals surface area contributed by atoms with Gasteiger partial charge in [-0.1, -0.05) is 12.1 Å². The molecule has 1 fully saturated rings. The lowest BCUT2D eigenvalue weighted by Crippen LogP contribution is -2.38. The maximum absolute atomic E-state index is 10.6. The van der Waals surface area contributed by atoms with Crippen LogP contribution in [0.2, 0.25) is 0 Å². The maximum atomic E-state index is 10.6. The number of ether oxygens (including phenoxy) is 2. The van der Waals surface area contributed by atoms with Crippen LogP contribution < -0.4 is 4.74 Å². The summed E-state index contributed by atoms with van der Waals surface area (Å²) in [6.45, 7) is 4.94. The molecule has 0 aliphatic carbocycles. The molecule has 2 rings (SSSR count). The summed E-state index contributed by atoms with van der Waals surface area (Å²) in [6, 6.07) is 7.25. The molecule has 0 atom stereocenters. The smallest absolute Gasteiger partial charge is 0.307 e. The second-order valence-corrected chi connectivity index (χ2v) is 4.52. The summed E-state index contributed by atoms with van der Waals surface area (Å²) in [7, 11) is 0. The van der Waals surface area contributed by atoms with E-state index in [1.54, 1.807) is 12.1 Å². The summed E-state index contributed by atoms with van der Waals surface area (Å²) in [5.41, 5.74) is 0.761. The highest BCUT2D eigenvalue weighted by atomic mass is 16.5. The van der Waals surface area contributed by atoms with Gasteiger partial charge in [0.15, 0.2) is 0 Å². The monoisotopic (exact) mass is 265 g/mol. The molecule has 0 amide bonds. The number of rotatable bonds is 6. The Morgan fingerprint density at radius 2 is 2.16 bits per heavy atom. The fraction of sp³-hybridized carbons (Fsp3) is 0.500. The molecule has 0 aromatic heterocycles. The van der Waals surface area contributed by atoms with Crippen LogP contribution in [-0.2, 0) is 16.0 Å². The van der Waals surface area contributed by atoms with E-state index in [2.05, 4.69) is 4.90 Å². The Bertz CT molecular complexity index is 416. The van der Waals surface area contributed by atoms with Crippen molar-refractivity contribution in [2.24, 2.45) is 0 Å². The lowest BCUT2D eigenvalue weighted by atomic mass is 10.1. The molecule has 1 aliphatic heterocycles. The third-order valence-corrected chi connectivity index (χ3v) is 3.03. The number of carboxylic acid groups (broad SMARTS) is 1. The van der Waals surface area contributed by atoms with Crippen molar-refractivity contribution >= 4 is 5.97 Å². The third-order valence-electron chi connectivity index (χ3n) is 3.03. The van der Waals surface area contributed by atoms with Crippen LogP contribution >= 0.6 is 0 Å². The largest absolute Gasteiger partial charge is 0.492 e. The van der Waals surface area contributed by atoms with Gasteiger partial charge in [0.2, 0.25) is 0 Å². The molecule has 0 radical (unpaired) electrons. The Balaban J connectivity index is 1.77. The second kappa shape index (κ2) is 7.11. The molecule has 19 heavy (non-hydrogen) atoms. The fourth-order valence-electron chi connectivity index (χ4n) is 2.04. The normalized spacial score (nSPS) is 16.2. The minimum Gasteiger partial charge on any atom is -0.492 e. The fourth-order valence-corrected chi connectivity index (χ4v) is 2.04. The highest BCUT2D eigenvalue weighted by Crippen LogP contribution is 2.14. The van der Waals surface area contributed by atoms with Gasteiger partial charge in [-0.05, 0) is 17.7 Å². The Hall–Kier alpha value is -1.59. The summed E-state index contributed by atoms with van der Waals surface area (Å²) < 4.78 is 10.9. The van der Waals surface area contributed by atoms with Gasteiger partial charge in [0, 0.05) is 19.6 Å². The van der Waals surface area contributed by atoms with Crippen molar-refractivity contribution in [3.8, 4) is 5.75 Å². The van der Waals surface area contributed by atoms with Gasteiger partial charge in [0.1, 0.15) is 12.4 Å². The molecule has 1 heterocycles. The molecule has 0 bridgehead atoms. The summed E-state index contributed by atoms with van der Waals surface area (Å²) in [5, 5.41) is 8.74. The van der Waals surface area contributed by atoms with Gasteiger partial charge < -0.3 is 14.6 Å². The van der Waals surface area contributed by atoms with E-state index in [0.29, 0.717) is 6.61 Å². The van der Waals surface area contributed by atoms with E-state index in [4.69, 9.17) is 14.6 Å². The number of morpholine rings is 1. The average Bonchev–Trinajstić information content (AvgIpc) is 2.40. The Morgan fingerprint density at radius 1 is 1.37 bits per heavy atom. The van der Waals surface area contributed by atoms with Crippen molar-refractivity contribution < 1.29 is 19.4 Å². The van der Waals surface area contributed by atoms with Crippen molar-refractivity contribution in [2.45, 2.75) is 6.42 Å². The van der Waals surface area contributed by atoms with Crippen LogP contribution in [0.5, 0.6) is 5.75 Å². The van der Waals surface area contributed by atoms with Crippen molar-refractivity contribution in [3.63, 3.8) is 0 Å². The molecule has 0 saturated carbocycles. The van der Waals surface area contributed by atoms with E-state index in [1.807, 2.05) is 12.1 Å². The van der Waals surface area contributed by atoms with Crippen LogP contribution in [0, 0.1) is 0 Å². The number of benzene rings is 1. The first-order valence-electron chi connectivity index (χ1n) is 6.48. The summed E-state index contributed by atoms with van der Waals surface area (Å²) in [6.07, 6.45) is 0.0284. The van der Waals surface area contributed by atoms with Crippen molar-refractivity contribution in [1.29, 1.82) is 0 Å². The van der Waals surface area contributed by atoms with Crippen LogP contribution in [0.4, 0.5) is 0 Å². The highest BCUT2D eigenvalue weighted by Gasteiger charge is 2.09. The number of carbonyl (C=O) groups is 1.